The summed E-state index contributed by atoms with van der Waals surface area (Å²) >= 11 is 0. The first-order valence-corrected chi connectivity index (χ1v) is 21.9. The molecule has 0 atom stereocenters. The van der Waals surface area contributed by atoms with Gasteiger partial charge >= 0.3 is 0 Å². The van der Waals surface area contributed by atoms with Crippen molar-refractivity contribution in [3.8, 4) is 55.6 Å². The van der Waals surface area contributed by atoms with E-state index in [1.165, 1.54) is 54.9 Å². The summed E-state index contributed by atoms with van der Waals surface area (Å²) in [5.74, 6) is 0. The second-order valence-electron chi connectivity index (χ2n) is 16.4. The van der Waals surface area contributed by atoms with Crippen molar-refractivity contribution in [1.82, 2.24) is 0 Å². The zero-order valence-corrected chi connectivity index (χ0v) is 35.0. The first-order valence-electron chi connectivity index (χ1n) is 21.9. The number of furan rings is 1. The highest BCUT2D eigenvalue weighted by molar-refractivity contribution is 6.11. The summed E-state index contributed by atoms with van der Waals surface area (Å²) in [6.07, 6.45) is 0. The van der Waals surface area contributed by atoms with Gasteiger partial charge < -0.3 is 9.32 Å². The van der Waals surface area contributed by atoms with Gasteiger partial charge in [0.1, 0.15) is 11.2 Å². The van der Waals surface area contributed by atoms with Crippen LogP contribution in [0.25, 0.3) is 99.1 Å². The predicted octanol–water partition coefficient (Wildman–Crippen LogP) is 17.7. The predicted molar refractivity (Wildman–Crippen MR) is 271 cm³/mol. The van der Waals surface area contributed by atoms with Crippen molar-refractivity contribution < 1.29 is 4.42 Å². The van der Waals surface area contributed by atoms with E-state index in [-0.39, 0.29) is 0 Å². The molecule has 0 bridgehead atoms. The summed E-state index contributed by atoms with van der Waals surface area (Å²) in [6, 6.07) is 89.6. The Morgan fingerprint density at radius 2 is 0.672 bits per heavy atom. The number of fused-ring (bicyclic) bond motifs is 5. The molecule has 1 aromatic heterocycles. The van der Waals surface area contributed by atoms with E-state index < -0.39 is 0 Å². The lowest BCUT2D eigenvalue weighted by atomic mass is 9.91. The van der Waals surface area contributed by atoms with Crippen LogP contribution in [0.5, 0.6) is 0 Å². The van der Waals surface area contributed by atoms with E-state index in [0.29, 0.717) is 0 Å². The maximum Gasteiger partial charge on any atom is 0.143 e. The topological polar surface area (TPSA) is 16.4 Å². The Hall–Kier alpha value is -8.46. The zero-order chi connectivity index (χ0) is 42.4. The minimum Gasteiger partial charge on any atom is -0.455 e. The molecule has 0 fully saturated rings. The summed E-state index contributed by atoms with van der Waals surface area (Å²) in [5, 5.41) is 7.23. The molecule has 12 rings (SSSR count). The highest BCUT2D eigenvalue weighted by Gasteiger charge is 2.21. The number of para-hydroxylation sites is 3. The van der Waals surface area contributed by atoms with Crippen molar-refractivity contribution in [2.75, 3.05) is 4.90 Å². The molecule has 0 N–H and O–H groups in total. The molecule has 0 spiro atoms. The fourth-order valence-corrected chi connectivity index (χ4v) is 9.63. The van der Waals surface area contributed by atoms with Gasteiger partial charge in [0, 0.05) is 33.3 Å². The lowest BCUT2D eigenvalue weighted by molar-refractivity contribution is 0.670. The van der Waals surface area contributed by atoms with Crippen LogP contribution in [0, 0.1) is 0 Å². The third kappa shape index (κ3) is 6.52. The zero-order valence-electron chi connectivity index (χ0n) is 35.0. The first kappa shape index (κ1) is 37.3. The third-order valence-electron chi connectivity index (χ3n) is 12.7. The van der Waals surface area contributed by atoms with E-state index in [1.807, 2.05) is 6.07 Å². The van der Waals surface area contributed by atoms with Crippen LogP contribution in [0.3, 0.4) is 0 Å². The highest BCUT2D eigenvalue weighted by Crippen LogP contribution is 2.45. The molecule has 0 aliphatic carbocycles. The van der Waals surface area contributed by atoms with E-state index in [0.717, 1.165) is 61.3 Å². The van der Waals surface area contributed by atoms with Gasteiger partial charge in [-0.1, -0.05) is 212 Å². The second kappa shape index (κ2) is 15.8. The Kier molecular flexibility index (Phi) is 9.20. The van der Waals surface area contributed by atoms with E-state index in [2.05, 4.69) is 248 Å². The van der Waals surface area contributed by atoms with Crippen LogP contribution in [-0.4, -0.2) is 0 Å². The molecule has 64 heavy (non-hydrogen) atoms. The Balaban J connectivity index is 0.962. The summed E-state index contributed by atoms with van der Waals surface area (Å²) in [7, 11) is 0. The maximum atomic E-state index is 6.63. The van der Waals surface area contributed by atoms with Gasteiger partial charge in [-0.15, -0.1) is 0 Å². The van der Waals surface area contributed by atoms with E-state index in [9.17, 15) is 0 Å². The fraction of sp³-hybridized carbons (Fsp3) is 0. The summed E-state index contributed by atoms with van der Waals surface area (Å²) in [6.45, 7) is 0. The maximum absolute atomic E-state index is 6.63. The molecular formula is C62H41NO. The number of hydrogen-bond acceptors (Lipinski definition) is 2. The van der Waals surface area contributed by atoms with Gasteiger partial charge in [-0.25, -0.2) is 0 Å². The molecule has 0 saturated heterocycles. The number of nitrogens with zero attached hydrogens (tertiary/aromatic N) is 1. The molecular weight excluding hydrogens is 775 g/mol. The van der Waals surface area contributed by atoms with Gasteiger partial charge in [-0.05, 0) is 102 Å². The van der Waals surface area contributed by atoms with Crippen molar-refractivity contribution in [2.45, 2.75) is 0 Å². The summed E-state index contributed by atoms with van der Waals surface area (Å²) in [5.41, 5.74) is 16.7. The Labute approximate surface area is 372 Å². The van der Waals surface area contributed by atoms with Crippen molar-refractivity contribution in [3.63, 3.8) is 0 Å². The van der Waals surface area contributed by atoms with Gasteiger partial charge in [0.05, 0.1) is 5.69 Å². The first-order chi connectivity index (χ1) is 31.7. The standard InChI is InChI=1S/C62H41NO/c1-3-18-50-44(14-1)16-11-24-51(50)46-32-30-42(31-33-46)43-34-38-48(39-35-43)63(60-28-9-7-22-56(60)58-26-13-27-59-57-23-8-10-29-61(57)64-62(58)59)49-40-36-47(37-41-49)53-20-5-6-21-54(53)55-25-12-17-45-15-2-4-19-52(45)55/h1-41H. The Morgan fingerprint density at radius 1 is 0.250 bits per heavy atom. The van der Waals surface area contributed by atoms with E-state index in [1.54, 1.807) is 0 Å². The van der Waals surface area contributed by atoms with Crippen LogP contribution in [0.1, 0.15) is 0 Å². The molecule has 0 aliphatic heterocycles. The average Bonchev–Trinajstić information content (AvgIpc) is 3.76. The van der Waals surface area contributed by atoms with Crippen molar-refractivity contribution in [2.24, 2.45) is 0 Å². The fourth-order valence-electron chi connectivity index (χ4n) is 9.63. The molecule has 0 unspecified atom stereocenters. The number of hydrogen-bond donors (Lipinski definition) is 0. The Bertz CT molecular complexity index is 3640. The number of benzene rings is 11. The quantitative estimate of drug-likeness (QED) is 0.152. The molecule has 1 heterocycles. The molecule has 0 radical (unpaired) electrons. The van der Waals surface area contributed by atoms with Gasteiger partial charge in [0.15, 0.2) is 0 Å². The van der Waals surface area contributed by atoms with Crippen molar-refractivity contribution in [1.29, 1.82) is 0 Å². The smallest absolute Gasteiger partial charge is 0.143 e. The molecule has 0 saturated carbocycles. The van der Waals surface area contributed by atoms with Crippen LogP contribution >= 0.6 is 0 Å². The normalized spacial score (nSPS) is 11.4. The van der Waals surface area contributed by atoms with Crippen LogP contribution in [0.4, 0.5) is 17.1 Å². The van der Waals surface area contributed by atoms with Crippen LogP contribution in [-0.2, 0) is 0 Å². The molecule has 11 aromatic carbocycles. The van der Waals surface area contributed by atoms with Crippen LogP contribution in [0.15, 0.2) is 253 Å². The van der Waals surface area contributed by atoms with E-state index in [4.69, 9.17) is 4.42 Å². The lowest BCUT2D eigenvalue weighted by Crippen LogP contribution is -2.11. The molecule has 0 amide bonds. The Morgan fingerprint density at radius 3 is 1.38 bits per heavy atom. The highest BCUT2D eigenvalue weighted by atomic mass is 16.3. The van der Waals surface area contributed by atoms with Gasteiger partial charge in [0.25, 0.3) is 0 Å². The summed E-state index contributed by atoms with van der Waals surface area (Å²) in [4.78, 5) is 2.38. The number of anilines is 3. The van der Waals surface area contributed by atoms with Gasteiger partial charge in [-0.3, -0.25) is 0 Å². The largest absolute Gasteiger partial charge is 0.455 e. The van der Waals surface area contributed by atoms with Gasteiger partial charge in [-0.2, -0.15) is 0 Å². The van der Waals surface area contributed by atoms with Crippen molar-refractivity contribution >= 4 is 60.5 Å². The van der Waals surface area contributed by atoms with Crippen LogP contribution in [0.2, 0.25) is 0 Å². The second-order valence-corrected chi connectivity index (χ2v) is 16.4. The number of rotatable bonds is 8. The molecule has 12 aromatic rings. The van der Waals surface area contributed by atoms with Gasteiger partial charge in [0.2, 0.25) is 0 Å². The third-order valence-corrected chi connectivity index (χ3v) is 12.7. The van der Waals surface area contributed by atoms with E-state index >= 15 is 0 Å². The lowest BCUT2D eigenvalue weighted by Gasteiger charge is -2.28. The monoisotopic (exact) mass is 815 g/mol. The molecule has 0 aliphatic rings. The minimum atomic E-state index is 0.888. The molecule has 2 heteroatoms. The molecule has 300 valence electrons. The minimum absolute atomic E-state index is 0.888. The average molecular weight is 816 g/mol. The summed E-state index contributed by atoms with van der Waals surface area (Å²) < 4.78 is 6.63. The van der Waals surface area contributed by atoms with Crippen molar-refractivity contribution in [3.05, 3.63) is 249 Å². The molecule has 2 nitrogen and oxygen atoms in total. The SMILES string of the molecule is c1ccc(-c2cccc3ccccc23)c(-c2ccc(N(c3ccc(-c4ccc(-c5cccc6ccccc56)cc4)cc3)c3ccccc3-c3cccc4c3oc3ccccc34)cc2)c1. The van der Waals surface area contributed by atoms with Crippen LogP contribution < -0.4 is 4.90 Å².